The largest absolute Gasteiger partial charge is 0.357 e. The number of nitrogens with zero attached hydrogens (tertiary/aromatic N) is 3. The molecule has 0 aromatic rings. The lowest BCUT2D eigenvalue weighted by molar-refractivity contribution is 0.332. The highest BCUT2D eigenvalue weighted by Crippen LogP contribution is 2.11. The molecule has 0 radical (unpaired) electrons. The van der Waals surface area contributed by atoms with Crippen LogP contribution in [-0.2, 0) is 0 Å². The lowest BCUT2D eigenvalue weighted by atomic mass is 10.1. The van der Waals surface area contributed by atoms with E-state index in [-0.39, 0.29) is 6.04 Å². The molecule has 1 heterocycles. The van der Waals surface area contributed by atoms with Crippen molar-refractivity contribution in [1.29, 1.82) is 5.26 Å². The quantitative estimate of drug-likeness (QED) is 0.660. The molecule has 0 fully saturated rings. The predicted octanol–water partition coefficient (Wildman–Crippen LogP) is 1.80. The van der Waals surface area contributed by atoms with Crippen molar-refractivity contribution in [2.75, 3.05) is 6.54 Å². The number of unbranched alkanes of at least 4 members (excludes halogenated alkanes) is 1. The van der Waals surface area contributed by atoms with Gasteiger partial charge >= 0.3 is 0 Å². The van der Waals surface area contributed by atoms with Gasteiger partial charge < -0.3 is 4.90 Å². The third kappa shape index (κ3) is 2.73. The summed E-state index contributed by atoms with van der Waals surface area (Å²) in [4.78, 5) is 6.27. The van der Waals surface area contributed by atoms with Gasteiger partial charge in [-0.2, -0.15) is 5.26 Å². The topological polar surface area (TPSA) is 39.4 Å². The first-order valence-corrected chi connectivity index (χ1v) is 4.96. The van der Waals surface area contributed by atoms with E-state index in [9.17, 15) is 0 Å². The van der Waals surface area contributed by atoms with Crippen LogP contribution in [0.4, 0.5) is 0 Å². The molecule has 72 valence electrons. The second kappa shape index (κ2) is 4.86. The predicted molar refractivity (Wildman–Crippen MR) is 53.6 cm³/mol. The van der Waals surface area contributed by atoms with Gasteiger partial charge in [0.25, 0.3) is 0 Å². The van der Waals surface area contributed by atoms with Crippen LogP contribution in [0.5, 0.6) is 0 Å². The van der Waals surface area contributed by atoms with Crippen molar-refractivity contribution in [3.63, 3.8) is 0 Å². The van der Waals surface area contributed by atoms with E-state index in [0.29, 0.717) is 6.04 Å². The van der Waals surface area contributed by atoms with Crippen LogP contribution in [0.1, 0.15) is 33.1 Å². The highest BCUT2D eigenvalue weighted by Gasteiger charge is 2.20. The van der Waals surface area contributed by atoms with Crippen molar-refractivity contribution >= 4 is 6.34 Å². The summed E-state index contributed by atoms with van der Waals surface area (Å²) >= 11 is 0. The first-order valence-electron chi connectivity index (χ1n) is 4.96. The molecule has 0 saturated carbocycles. The van der Waals surface area contributed by atoms with E-state index in [2.05, 4.69) is 29.8 Å². The van der Waals surface area contributed by atoms with Crippen LogP contribution in [0, 0.1) is 11.3 Å². The average molecular weight is 179 g/mol. The van der Waals surface area contributed by atoms with E-state index < -0.39 is 0 Å². The van der Waals surface area contributed by atoms with Crippen LogP contribution in [0.2, 0.25) is 0 Å². The van der Waals surface area contributed by atoms with E-state index in [1.807, 2.05) is 6.34 Å². The fourth-order valence-corrected chi connectivity index (χ4v) is 1.49. The Labute approximate surface area is 80.1 Å². The molecule has 1 aliphatic rings. The summed E-state index contributed by atoms with van der Waals surface area (Å²) in [6.07, 6.45) is 5.51. The van der Waals surface area contributed by atoms with Gasteiger partial charge in [-0.25, -0.2) is 0 Å². The minimum absolute atomic E-state index is 0.135. The van der Waals surface area contributed by atoms with Crippen LogP contribution in [0.3, 0.4) is 0 Å². The van der Waals surface area contributed by atoms with E-state index >= 15 is 0 Å². The van der Waals surface area contributed by atoms with Gasteiger partial charge in [-0.15, -0.1) is 0 Å². The molecule has 0 aromatic carbocycles. The molecule has 13 heavy (non-hydrogen) atoms. The summed E-state index contributed by atoms with van der Waals surface area (Å²) in [6.45, 7) is 5.17. The Balaban J connectivity index is 2.31. The number of nitriles is 1. The monoisotopic (exact) mass is 179 g/mol. The highest BCUT2D eigenvalue weighted by molar-refractivity contribution is 5.59. The fraction of sp³-hybridized carbons (Fsp3) is 0.800. The van der Waals surface area contributed by atoms with Crippen molar-refractivity contribution in [1.82, 2.24) is 4.90 Å². The average Bonchev–Trinajstić information content (AvgIpc) is 2.62. The first-order chi connectivity index (χ1) is 6.27. The molecule has 1 rings (SSSR count). The number of hydrogen-bond donors (Lipinski definition) is 0. The zero-order valence-electron chi connectivity index (χ0n) is 8.40. The van der Waals surface area contributed by atoms with E-state index in [0.717, 1.165) is 6.54 Å². The Kier molecular flexibility index (Phi) is 3.75. The maximum atomic E-state index is 8.65. The van der Waals surface area contributed by atoms with Gasteiger partial charge in [-0.3, -0.25) is 4.99 Å². The van der Waals surface area contributed by atoms with E-state index in [4.69, 9.17) is 5.26 Å². The summed E-state index contributed by atoms with van der Waals surface area (Å²) in [5.41, 5.74) is 0. The lowest BCUT2D eigenvalue weighted by Gasteiger charge is -2.22. The van der Waals surface area contributed by atoms with Crippen LogP contribution < -0.4 is 0 Å². The maximum absolute atomic E-state index is 8.65. The zero-order chi connectivity index (χ0) is 9.68. The molecule has 0 N–H and O–H groups in total. The van der Waals surface area contributed by atoms with Gasteiger partial charge in [0.1, 0.15) is 0 Å². The standard InChI is InChI=1S/C10H17N3/c1-3-4-5-9(2)13-7-10(6-11)12-8-13/h8-10H,3-5,7H2,1-2H3. The van der Waals surface area contributed by atoms with E-state index in [1.54, 1.807) is 0 Å². The van der Waals surface area contributed by atoms with Crippen LogP contribution in [-0.4, -0.2) is 29.9 Å². The van der Waals surface area contributed by atoms with Gasteiger partial charge in [-0.1, -0.05) is 19.8 Å². The molecule has 3 nitrogen and oxygen atoms in total. The molecular weight excluding hydrogens is 162 g/mol. The molecule has 1 aliphatic heterocycles. The number of hydrogen-bond acceptors (Lipinski definition) is 3. The normalized spacial score (nSPS) is 23.2. The number of aliphatic imine (C=N–C) groups is 1. The Hall–Kier alpha value is -1.04. The Bertz CT molecular complexity index is 217. The van der Waals surface area contributed by atoms with Crippen molar-refractivity contribution in [2.24, 2.45) is 4.99 Å². The summed E-state index contributed by atoms with van der Waals surface area (Å²) < 4.78 is 0. The van der Waals surface area contributed by atoms with Crippen LogP contribution in [0.15, 0.2) is 4.99 Å². The fourth-order valence-electron chi connectivity index (χ4n) is 1.49. The van der Waals surface area contributed by atoms with Crippen molar-refractivity contribution in [2.45, 2.75) is 45.2 Å². The Morgan fingerprint density at radius 1 is 1.77 bits per heavy atom. The van der Waals surface area contributed by atoms with Crippen molar-refractivity contribution < 1.29 is 0 Å². The molecule has 0 aromatic heterocycles. The van der Waals surface area contributed by atoms with Gasteiger partial charge in [0.15, 0.2) is 6.04 Å². The van der Waals surface area contributed by atoms with Gasteiger partial charge in [0, 0.05) is 6.04 Å². The molecule has 2 atom stereocenters. The van der Waals surface area contributed by atoms with Gasteiger partial charge in [0.2, 0.25) is 0 Å². The highest BCUT2D eigenvalue weighted by atomic mass is 15.2. The number of rotatable bonds is 4. The zero-order valence-corrected chi connectivity index (χ0v) is 8.40. The summed E-state index contributed by atoms with van der Waals surface area (Å²) in [6, 6.07) is 2.56. The van der Waals surface area contributed by atoms with Crippen LogP contribution >= 0.6 is 0 Å². The summed E-state index contributed by atoms with van der Waals surface area (Å²) in [7, 11) is 0. The van der Waals surface area contributed by atoms with Gasteiger partial charge in [-0.05, 0) is 13.3 Å². The molecule has 0 amide bonds. The second-order valence-electron chi connectivity index (χ2n) is 3.60. The van der Waals surface area contributed by atoms with Crippen molar-refractivity contribution in [3.8, 4) is 6.07 Å². The molecular formula is C10H17N3. The Morgan fingerprint density at radius 2 is 2.54 bits per heavy atom. The minimum atomic E-state index is -0.135. The first kappa shape index (κ1) is 10.0. The smallest absolute Gasteiger partial charge is 0.155 e. The second-order valence-corrected chi connectivity index (χ2v) is 3.60. The van der Waals surface area contributed by atoms with Gasteiger partial charge in [0.05, 0.1) is 19.0 Å². The maximum Gasteiger partial charge on any atom is 0.155 e. The van der Waals surface area contributed by atoms with Crippen LogP contribution in [0.25, 0.3) is 0 Å². The molecule has 2 unspecified atom stereocenters. The minimum Gasteiger partial charge on any atom is -0.357 e. The third-order valence-electron chi connectivity index (χ3n) is 2.47. The lowest BCUT2D eigenvalue weighted by Crippen LogP contribution is -2.31. The Morgan fingerprint density at radius 3 is 3.08 bits per heavy atom. The summed E-state index contributed by atoms with van der Waals surface area (Å²) in [5.74, 6) is 0. The molecule has 0 saturated heterocycles. The molecule has 0 aliphatic carbocycles. The van der Waals surface area contributed by atoms with E-state index in [1.165, 1.54) is 19.3 Å². The molecule has 3 heteroatoms. The molecule has 0 bridgehead atoms. The van der Waals surface area contributed by atoms with Crippen molar-refractivity contribution in [3.05, 3.63) is 0 Å². The SMILES string of the molecule is CCCCC(C)N1C=NC(C#N)C1. The molecule has 0 spiro atoms. The third-order valence-corrected chi connectivity index (χ3v) is 2.47. The summed E-state index contributed by atoms with van der Waals surface area (Å²) in [5, 5.41) is 8.65.